The lowest BCUT2D eigenvalue weighted by atomic mass is 10.1. The highest BCUT2D eigenvalue weighted by molar-refractivity contribution is 5.94. The molecule has 0 radical (unpaired) electrons. The van der Waals surface area contributed by atoms with Crippen LogP contribution in [0.15, 0.2) is 42.5 Å². The lowest BCUT2D eigenvalue weighted by molar-refractivity contribution is 0.0206. The van der Waals surface area contributed by atoms with Gasteiger partial charge in [0, 0.05) is 44.8 Å². The maximum Gasteiger partial charge on any atom is 0.410 e. The topological polar surface area (TPSA) is 145 Å². The monoisotopic (exact) mass is 1170 g/mol. The van der Waals surface area contributed by atoms with E-state index in [0.29, 0.717) is 108 Å². The minimum atomic E-state index is -0.661. The number of rotatable bonds is 50. The highest BCUT2D eigenvalue weighted by Gasteiger charge is 2.24. The summed E-state index contributed by atoms with van der Waals surface area (Å²) >= 11 is 0. The minimum Gasteiger partial charge on any atom is -0.490 e. The van der Waals surface area contributed by atoms with Gasteiger partial charge in [-0.25, -0.2) is 14.4 Å². The summed E-state index contributed by atoms with van der Waals surface area (Å²) in [4.78, 5) is 55.8. The molecule has 0 unspecified atom stereocenters. The zero-order chi connectivity index (χ0) is 61.3. The number of nitrogens with zero attached hydrogens (tertiary/aromatic N) is 2. The summed E-state index contributed by atoms with van der Waals surface area (Å²) in [5, 5.41) is 5.87. The van der Waals surface area contributed by atoms with Crippen molar-refractivity contribution in [1.29, 1.82) is 0 Å². The van der Waals surface area contributed by atoms with Crippen LogP contribution < -0.4 is 20.1 Å². The molecule has 4 amide bonds. The molecule has 0 spiro atoms. The van der Waals surface area contributed by atoms with E-state index in [2.05, 4.69) is 48.8 Å². The Morgan fingerprint density at radius 1 is 0.398 bits per heavy atom. The summed E-state index contributed by atoms with van der Waals surface area (Å²) in [5.74, 6) is 1.12. The fourth-order valence-electron chi connectivity index (χ4n) is 9.46. The van der Waals surface area contributed by atoms with E-state index in [1.807, 2.05) is 80.5 Å². The molecule has 0 atom stereocenters. The zero-order valence-electron chi connectivity index (χ0n) is 55.3. The van der Waals surface area contributed by atoms with E-state index in [4.69, 9.17) is 23.7 Å². The van der Waals surface area contributed by atoms with Gasteiger partial charge in [-0.05, 0) is 183 Å². The van der Waals surface area contributed by atoms with Crippen molar-refractivity contribution in [2.45, 2.75) is 311 Å². The van der Waals surface area contributed by atoms with Gasteiger partial charge in [0.05, 0.1) is 13.2 Å². The Kier molecular flexibility index (Phi) is 45.0. The first-order valence-electron chi connectivity index (χ1n) is 33.6. The molecule has 0 bridgehead atoms. The van der Waals surface area contributed by atoms with Crippen LogP contribution in [-0.4, -0.2) is 103 Å². The van der Waals surface area contributed by atoms with Gasteiger partial charge in [0.1, 0.15) is 16.8 Å². The summed E-state index contributed by atoms with van der Waals surface area (Å²) in [6.07, 6.45) is 47.4. The molecule has 2 N–H and O–H groups in total. The van der Waals surface area contributed by atoms with Crippen molar-refractivity contribution in [3.8, 4) is 11.5 Å². The number of hydrogen-bond donors (Lipinski definition) is 2. The Morgan fingerprint density at radius 3 is 1.12 bits per heavy atom. The average molecular weight is 1170 g/mol. The molecule has 0 aliphatic heterocycles. The second-order valence-corrected chi connectivity index (χ2v) is 26.0. The number of unbranched alkanes of at least 4 members (excludes halogenated alkanes) is 27. The molecular formula is C70H126N4O9. The van der Waals surface area contributed by atoms with Crippen LogP contribution in [0.1, 0.15) is 305 Å². The number of carbonyl (C=O) groups excluding carboxylic acids is 4. The Morgan fingerprint density at radius 2 is 0.735 bits per heavy atom. The maximum atomic E-state index is 13.6. The molecule has 0 aromatic heterocycles. The van der Waals surface area contributed by atoms with Gasteiger partial charge in [-0.2, -0.15) is 0 Å². The molecule has 0 saturated carbocycles. The number of ether oxygens (including phenoxy) is 5. The third-order valence-electron chi connectivity index (χ3n) is 14.1. The smallest absolute Gasteiger partial charge is 0.410 e. The van der Waals surface area contributed by atoms with Crippen LogP contribution in [0.25, 0.3) is 0 Å². The number of nitrogens with one attached hydrogen (secondary N) is 2. The van der Waals surface area contributed by atoms with E-state index in [9.17, 15) is 19.2 Å². The van der Waals surface area contributed by atoms with E-state index in [1.54, 1.807) is 9.80 Å². The van der Waals surface area contributed by atoms with Gasteiger partial charge in [0.15, 0.2) is 11.5 Å². The van der Waals surface area contributed by atoms with Crippen molar-refractivity contribution in [3.05, 3.63) is 48.1 Å². The fourth-order valence-corrected chi connectivity index (χ4v) is 9.46. The van der Waals surface area contributed by atoms with Crippen LogP contribution in [-0.2, 0) is 14.2 Å². The summed E-state index contributed by atoms with van der Waals surface area (Å²) < 4.78 is 29.6. The van der Waals surface area contributed by atoms with Gasteiger partial charge in [-0.3, -0.25) is 4.79 Å². The fraction of sp³-hybridized carbons (Fsp3) is 0.800. The number of alkyl carbamates (subject to hydrolysis) is 1. The zero-order valence-corrected chi connectivity index (χ0v) is 55.3. The molecule has 83 heavy (non-hydrogen) atoms. The molecule has 0 aliphatic carbocycles. The van der Waals surface area contributed by atoms with E-state index >= 15 is 0 Å². The number of amides is 4. The Hall–Kier alpha value is -4.42. The number of allylic oxidation sites excluding steroid dienone is 4. The van der Waals surface area contributed by atoms with Crippen molar-refractivity contribution in [3.63, 3.8) is 0 Å². The standard InChI is InChI=1S/C70H126N4O9/c1-12-14-16-18-20-22-24-26-28-30-32-34-36-38-40-48-58-79-62-51-50-61(60-63(62)80-59-49-41-39-37-35-33-31-29-27-25-23-21-19-17-15-13-2)64(75)71-52-42-44-54-73(66(77)82-69(6,7)8)56-46-47-57-74(67(78)83-70(9,10)11)55-45-43-53-72-65(76)81-68(3,4)5/h26-29,50-51,60H,12-25,30-49,52-59H2,1-11H3,(H,71,75)(H,72,76)/b28-26+,29-27+. The molecule has 0 saturated heterocycles. The van der Waals surface area contributed by atoms with Gasteiger partial charge < -0.3 is 44.1 Å². The van der Waals surface area contributed by atoms with Gasteiger partial charge in [0.2, 0.25) is 0 Å². The second kappa shape index (κ2) is 48.8. The lowest BCUT2D eigenvalue weighted by Gasteiger charge is -2.29. The third kappa shape index (κ3) is 47.5. The SMILES string of the molecule is CCCCCCCC/C=C/CCCCCCCCOc1ccc(C(=O)NCCCCN(CCCCN(CCCCNC(=O)OC(C)(C)C)C(=O)OC(C)(C)C)C(=O)OC(C)(C)C)cc1OCCCCCCCC/C=C/CCCCCCCC. The predicted octanol–water partition coefficient (Wildman–Crippen LogP) is 19.6. The van der Waals surface area contributed by atoms with E-state index in [0.717, 1.165) is 25.7 Å². The molecule has 480 valence electrons. The first-order valence-corrected chi connectivity index (χ1v) is 33.6. The van der Waals surface area contributed by atoms with Crippen LogP contribution in [0.4, 0.5) is 14.4 Å². The van der Waals surface area contributed by atoms with Crippen molar-refractivity contribution < 1.29 is 42.9 Å². The Balaban J connectivity index is 2.77. The van der Waals surface area contributed by atoms with Crippen LogP contribution >= 0.6 is 0 Å². The molecule has 0 heterocycles. The minimum absolute atomic E-state index is 0.176. The molecule has 1 rings (SSSR count). The first-order chi connectivity index (χ1) is 39.7. The molecular weight excluding hydrogens is 1040 g/mol. The van der Waals surface area contributed by atoms with E-state index in [-0.39, 0.29) is 18.1 Å². The lowest BCUT2D eigenvalue weighted by Crippen LogP contribution is -2.40. The highest BCUT2D eigenvalue weighted by atomic mass is 16.6. The molecule has 0 aliphatic rings. The molecule has 13 nitrogen and oxygen atoms in total. The van der Waals surface area contributed by atoms with Gasteiger partial charge in [-0.15, -0.1) is 0 Å². The van der Waals surface area contributed by atoms with Gasteiger partial charge in [0.25, 0.3) is 5.91 Å². The molecule has 1 aromatic carbocycles. The number of hydrogen-bond acceptors (Lipinski definition) is 9. The second-order valence-electron chi connectivity index (χ2n) is 26.0. The van der Waals surface area contributed by atoms with Gasteiger partial charge in [-0.1, -0.05) is 154 Å². The Labute approximate surface area is 508 Å². The largest absolute Gasteiger partial charge is 0.490 e. The highest BCUT2D eigenvalue weighted by Crippen LogP contribution is 2.30. The molecule has 1 aromatic rings. The summed E-state index contributed by atoms with van der Waals surface area (Å²) in [6.45, 7) is 25.0. The Bertz CT molecular complexity index is 1850. The van der Waals surface area contributed by atoms with Crippen molar-refractivity contribution in [1.82, 2.24) is 20.4 Å². The van der Waals surface area contributed by atoms with Crippen LogP contribution in [0, 0.1) is 0 Å². The van der Waals surface area contributed by atoms with E-state index < -0.39 is 22.9 Å². The van der Waals surface area contributed by atoms with Crippen molar-refractivity contribution in [2.75, 3.05) is 52.5 Å². The van der Waals surface area contributed by atoms with Gasteiger partial charge >= 0.3 is 18.3 Å². The average Bonchev–Trinajstić information content (AvgIpc) is 3.41. The first kappa shape index (κ1) is 76.6. The summed E-state index contributed by atoms with van der Waals surface area (Å²) in [6, 6.07) is 5.52. The number of benzene rings is 1. The summed E-state index contributed by atoms with van der Waals surface area (Å²) in [5.41, 5.74) is -1.36. The van der Waals surface area contributed by atoms with Crippen molar-refractivity contribution in [2.24, 2.45) is 0 Å². The van der Waals surface area contributed by atoms with Crippen molar-refractivity contribution >= 4 is 24.2 Å². The molecule has 13 heteroatoms. The maximum absolute atomic E-state index is 13.6. The van der Waals surface area contributed by atoms with Crippen LogP contribution in [0.5, 0.6) is 11.5 Å². The van der Waals surface area contributed by atoms with Crippen LogP contribution in [0.2, 0.25) is 0 Å². The normalized spacial score (nSPS) is 12.0. The molecule has 0 fully saturated rings. The quantitative estimate of drug-likeness (QED) is 0.0370. The summed E-state index contributed by atoms with van der Waals surface area (Å²) in [7, 11) is 0. The predicted molar refractivity (Wildman–Crippen MR) is 346 cm³/mol. The van der Waals surface area contributed by atoms with E-state index in [1.165, 1.54) is 154 Å². The third-order valence-corrected chi connectivity index (χ3v) is 14.1. The van der Waals surface area contributed by atoms with Crippen LogP contribution in [0.3, 0.4) is 0 Å². The number of carbonyl (C=O) groups is 4.